The maximum absolute atomic E-state index is 12.7. The molecule has 0 saturated carbocycles. The lowest BCUT2D eigenvalue weighted by molar-refractivity contribution is 0.591. The van der Waals surface area contributed by atoms with E-state index in [4.69, 9.17) is 0 Å². The van der Waals surface area contributed by atoms with Crippen LogP contribution in [-0.4, -0.2) is 35.0 Å². The minimum atomic E-state index is -3.70. The monoisotopic (exact) mass is 341 g/mol. The van der Waals surface area contributed by atoms with Gasteiger partial charge in [-0.25, -0.2) is 9.97 Å². The van der Waals surface area contributed by atoms with E-state index >= 15 is 0 Å². The van der Waals surface area contributed by atoms with E-state index in [0.717, 1.165) is 21.9 Å². The Kier molecular flexibility index (Phi) is 3.10. The van der Waals surface area contributed by atoms with Gasteiger partial charge in [0, 0.05) is 42.8 Å². The smallest absolute Gasteiger partial charge is 0.283 e. The Balaban J connectivity index is 1.85. The molecule has 0 aliphatic heterocycles. The van der Waals surface area contributed by atoms with Crippen LogP contribution < -0.4 is 4.31 Å². The minimum Gasteiger partial charge on any atom is -0.339 e. The van der Waals surface area contributed by atoms with Gasteiger partial charge in [0.05, 0.1) is 12.0 Å². The molecule has 3 heterocycles. The fourth-order valence-corrected chi connectivity index (χ4v) is 3.86. The number of aromatic amines is 1. The number of nitrogens with zero attached hydrogens (tertiary/aromatic N) is 4. The zero-order chi connectivity index (χ0) is 16.9. The molecule has 0 bridgehead atoms. The van der Waals surface area contributed by atoms with Gasteiger partial charge < -0.3 is 9.55 Å². The van der Waals surface area contributed by atoms with Crippen molar-refractivity contribution in [2.75, 3.05) is 11.4 Å². The lowest BCUT2D eigenvalue weighted by Gasteiger charge is -2.18. The quantitative estimate of drug-likeness (QED) is 0.619. The lowest BCUT2D eigenvalue weighted by Crippen LogP contribution is -2.26. The molecule has 0 aliphatic rings. The zero-order valence-corrected chi connectivity index (χ0v) is 13.9. The number of aromatic nitrogens is 4. The van der Waals surface area contributed by atoms with Crippen molar-refractivity contribution < 1.29 is 8.42 Å². The number of fused-ring (bicyclic) bond motifs is 3. The number of aryl methyl sites for hydroxylation is 1. The normalized spacial score (nSPS) is 12.1. The average molecular weight is 341 g/mol. The SMILES string of the molecule is CN(c1ccc2[nH]c3ncccc3c2c1)S(=O)(=O)c1cn(C)cn1. The molecular formula is C16H15N5O2S. The van der Waals surface area contributed by atoms with E-state index < -0.39 is 10.0 Å². The number of hydrogen-bond donors (Lipinski definition) is 1. The summed E-state index contributed by atoms with van der Waals surface area (Å²) >= 11 is 0. The first-order chi connectivity index (χ1) is 11.5. The van der Waals surface area contributed by atoms with Crippen LogP contribution in [0.4, 0.5) is 5.69 Å². The topological polar surface area (TPSA) is 83.9 Å². The van der Waals surface area contributed by atoms with Crippen LogP contribution >= 0.6 is 0 Å². The van der Waals surface area contributed by atoms with Gasteiger partial charge in [0.25, 0.3) is 10.0 Å². The van der Waals surface area contributed by atoms with Gasteiger partial charge in [-0.1, -0.05) is 0 Å². The van der Waals surface area contributed by atoms with Crippen molar-refractivity contribution in [3.8, 4) is 0 Å². The summed E-state index contributed by atoms with van der Waals surface area (Å²) in [5.74, 6) is 0. The molecule has 0 radical (unpaired) electrons. The number of nitrogens with one attached hydrogen (secondary N) is 1. The van der Waals surface area contributed by atoms with Crippen LogP contribution in [0.15, 0.2) is 54.1 Å². The molecule has 0 saturated heterocycles. The van der Waals surface area contributed by atoms with Crippen LogP contribution in [0.1, 0.15) is 0 Å². The van der Waals surface area contributed by atoms with Crippen molar-refractivity contribution in [3.63, 3.8) is 0 Å². The molecule has 0 fully saturated rings. The highest BCUT2D eigenvalue weighted by molar-refractivity contribution is 7.92. The number of pyridine rings is 1. The van der Waals surface area contributed by atoms with Crippen LogP contribution in [0.3, 0.4) is 0 Å². The predicted octanol–water partition coefficient (Wildman–Crippen LogP) is 2.27. The molecule has 0 aliphatic carbocycles. The van der Waals surface area contributed by atoms with Crippen molar-refractivity contribution >= 4 is 37.6 Å². The Hall–Kier alpha value is -2.87. The van der Waals surface area contributed by atoms with Crippen LogP contribution in [0.2, 0.25) is 0 Å². The Morgan fingerprint density at radius 3 is 2.75 bits per heavy atom. The third kappa shape index (κ3) is 2.15. The molecule has 24 heavy (non-hydrogen) atoms. The van der Waals surface area contributed by atoms with Gasteiger partial charge in [0.2, 0.25) is 0 Å². The third-order valence-electron chi connectivity index (χ3n) is 4.02. The van der Waals surface area contributed by atoms with Crippen molar-refractivity contribution in [1.82, 2.24) is 19.5 Å². The van der Waals surface area contributed by atoms with Crippen molar-refractivity contribution in [1.29, 1.82) is 0 Å². The summed E-state index contributed by atoms with van der Waals surface area (Å²) in [4.78, 5) is 11.5. The van der Waals surface area contributed by atoms with Gasteiger partial charge in [-0.3, -0.25) is 4.31 Å². The first-order valence-electron chi connectivity index (χ1n) is 7.30. The standard InChI is InChI=1S/C16H15N5O2S/c1-20-9-15(18-10-20)24(22,23)21(2)11-5-6-14-13(8-11)12-4-3-7-17-16(12)19-14/h3-10H,1-2H3,(H,17,19). The molecule has 4 aromatic rings. The van der Waals surface area contributed by atoms with E-state index in [1.165, 1.54) is 23.9 Å². The largest absolute Gasteiger partial charge is 0.339 e. The summed E-state index contributed by atoms with van der Waals surface area (Å²) in [5.41, 5.74) is 2.26. The van der Waals surface area contributed by atoms with Crippen molar-refractivity contribution in [2.24, 2.45) is 7.05 Å². The van der Waals surface area contributed by atoms with Crippen molar-refractivity contribution in [2.45, 2.75) is 5.03 Å². The molecule has 0 amide bonds. The molecule has 3 aromatic heterocycles. The Morgan fingerprint density at radius 1 is 1.17 bits per heavy atom. The van der Waals surface area contributed by atoms with Gasteiger partial charge in [-0.15, -0.1) is 0 Å². The Morgan fingerprint density at radius 2 is 2.00 bits per heavy atom. The van der Waals surface area contributed by atoms with E-state index in [-0.39, 0.29) is 5.03 Å². The van der Waals surface area contributed by atoms with Gasteiger partial charge in [-0.2, -0.15) is 8.42 Å². The number of H-pyrrole nitrogens is 1. The number of rotatable bonds is 3. The molecule has 0 atom stereocenters. The predicted molar refractivity (Wildman–Crippen MR) is 92.4 cm³/mol. The molecule has 4 rings (SSSR count). The third-order valence-corrected chi connectivity index (χ3v) is 5.70. The maximum Gasteiger partial charge on any atom is 0.283 e. The number of benzene rings is 1. The molecule has 0 unspecified atom stereocenters. The van der Waals surface area contributed by atoms with Crippen LogP contribution in [0.5, 0.6) is 0 Å². The molecule has 122 valence electrons. The van der Waals surface area contributed by atoms with Crippen LogP contribution in [0, 0.1) is 0 Å². The zero-order valence-electron chi connectivity index (χ0n) is 13.1. The lowest BCUT2D eigenvalue weighted by atomic mass is 10.2. The number of hydrogen-bond acceptors (Lipinski definition) is 4. The number of sulfonamides is 1. The number of imidazole rings is 1. The van der Waals surface area contributed by atoms with Crippen molar-refractivity contribution in [3.05, 3.63) is 49.1 Å². The summed E-state index contributed by atoms with van der Waals surface area (Å²) in [7, 11) is -0.441. The van der Waals surface area contributed by atoms with Gasteiger partial charge in [0.15, 0.2) is 5.03 Å². The average Bonchev–Trinajstić information content (AvgIpc) is 3.17. The second-order valence-corrected chi connectivity index (χ2v) is 7.52. The summed E-state index contributed by atoms with van der Waals surface area (Å²) in [6, 6.07) is 9.28. The summed E-state index contributed by atoms with van der Waals surface area (Å²) in [6.07, 6.45) is 4.67. The summed E-state index contributed by atoms with van der Waals surface area (Å²) in [5, 5.41) is 1.91. The van der Waals surface area contributed by atoms with E-state index in [1.54, 1.807) is 23.9 Å². The minimum absolute atomic E-state index is 0.0215. The molecule has 8 heteroatoms. The number of anilines is 1. The first-order valence-corrected chi connectivity index (χ1v) is 8.74. The van der Waals surface area contributed by atoms with Crippen LogP contribution in [-0.2, 0) is 17.1 Å². The molecular weight excluding hydrogens is 326 g/mol. The van der Waals surface area contributed by atoms with Gasteiger partial charge >= 0.3 is 0 Å². The van der Waals surface area contributed by atoms with E-state index in [0.29, 0.717) is 5.69 Å². The van der Waals surface area contributed by atoms with E-state index in [2.05, 4.69) is 15.0 Å². The fourth-order valence-electron chi connectivity index (χ4n) is 2.71. The highest BCUT2D eigenvalue weighted by Gasteiger charge is 2.24. The molecule has 1 N–H and O–H groups in total. The summed E-state index contributed by atoms with van der Waals surface area (Å²) < 4.78 is 28.3. The molecule has 1 aromatic carbocycles. The molecule has 0 spiro atoms. The van der Waals surface area contributed by atoms with Gasteiger partial charge in [0.1, 0.15) is 5.65 Å². The highest BCUT2D eigenvalue weighted by atomic mass is 32.2. The van der Waals surface area contributed by atoms with Crippen LogP contribution in [0.25, 0.3) is 21.9 Å². The Bertz CT molecular complexity index is 1160. The van der Waals surface area contributed by atoms with Gasteiger partial charge in [-0.05, 0) is 30.3 Å². The Labute approximate surface area is 138 Å². The maximum atomic E-state index is 12.7. The molecule has 7 nitrogen and oxygen atoms in total. The summed E-state index contributed by atoms with van der Waals surface area (Å²) in [6.45, 7) is 0. The first kappa shape index (κ1) is 14.7. The van der Waals surface area contributed by atoms with E-state index in [9.17, 15) is 8.42 Å². The van der Waals surface area contributed by atoms with E-state index in [1.807, 2.05) is 24.3 Å². The second kappa shape index (κ2) is 5.07. The highest BCUT2D eigenvalue weighted by Crippen LogP contribution is 2.29. The fraction of sp³-hybridized carbons (Fsp3) is 0.125. The second-order valence-electron chi connectivity index (χ2n) is 5.60.